The van der Waals surface area contributed by atoms with Crippen LogP contribution in [0.1, 0.15) is 38.7 Å². The third-order valence-electron chi connectivity index (χ3n) is 6.01. The summed E-state index contributed by atoms with van der Waals surface area (Å²) in [6.07, 6.45) is 3.88. The summed E-state index contributed by atoms with van der Waals surface area (Å²) < 4.78 is 11.5. The Morgan fingerprint density at radius 3 is 2.44 bits per heavy atom. The van der Waals surface area contributed by atoms with Crippen molar-refractivity contribution < 1.29 is 14.3 Å². The van der Waals surface area contributed by atoms with Gasteiger partial charge in [-0.25, -0.2) is 0 Å². The van der Waals surface area contributed by atoms with Crippen molar-refractivity contribution >= 4 is 23.1 Å². The van der Waals surface area contributed by atoms with E-state index in [2.05, 4.69) is 22.8 Å². The lowest BCUT2D eigenvalue weighted by molar-refractivity contribution is -0.116. The van der Waals surface area contributed by atoms with Gasteiger partial charge in [-0.05, 0) is 75.5 Å². The summed E-state index contributed by atoms with van der Waals surface area (Å²) in [6.45, 7) is 8.83. The van der Waals surface area contributed by atoms with Gasteiger partial charge in [-0.15, -0.1) is 0 Å². The zero-order chi connectivity index (χ0) is 22.9. The molecular formula is C26H35ClN2O3. The molecule has 0 radical (unpaired) electrons. The van der Waals surface area contributed by atoms with Gasteiger partial charge in [0.15, 0.2) is 0 Å². The monoisotopic (exact) mass is 458 g/mol. The van der Waals surface area contributed by atoms with Gasteiger partial charge in [-0.1, -0.05) is 17.7 Å². The average molecular weight is 459 g/mol. The Balaban J connectivity index is 1.48. The Morgan fingerprint density at radius 2 is 1.81 bits per heavy atom. The largest absolute Gasteiger partial charge is 0.497 e. The van der Waals surface area contributed by atoms with Gasteiger partial charge in [-0.3, -0.25) is 4.79 Å². The van der Waals surface area contributed by atoms with Crippen LogP contribution in [0.25, 0.3) is 0 Å². The molecule has 0 amide bonds. The standard InChI is InChI=1S/C26H35ClN2O3/c1-4-29(26-19-25(31-3)9-6-21(26)18-20(2)30)15-5-14-28-16-12-24(13-17-28)32-23-10-7-22(27)8-11-23/h6-11,19,24H,4-5,12-18H2,1-3H3. The van der Waals surface area contributed by atoms with Gasteiger partial charge in [-0.2, -0.15) is 0 Å². The number of ketones is 1. The molecule has 0 spiro atoms. The van der Waals surface area contributed by atoms with Crippen molar-refractivity contribution in [1.82, 2.24) is 4.90 Å². The Morgan fingerprint density at radius 1 is 1.12 bits per heavy atom. The van der Waals surface area contributed by atoms with Crippen LogP contribution in [-0.2, 0) is 11.2 Å². The molecule has 1 aliphatic rings. The first-order valence-corrected chi connectivity index (χ1v) is 11.9. The third-order valence-corrected chi connectivity index (χ3v) is 6.26. The number of piperidine rings is 1. The van der Waals surface area contributed by atoms with E-state index in [-0.39, 0.29) is 11.9 Å². The molecule has 32 heavy (non-hydrogen) atoms. The topological polar surface area (TPSA) is 42.0 Å². The molecule has 6 heteroatoms. The smallest absolute Gasteiger partial charge is 0.134 e. The molecule has 1 fully saturated rings. The number of halogens is 1. The van der Waals surface area contributed by atoms with Gasteiger partial charge in [0.2, 0.25) is 0 Å². The number of carbonyl (C=O) groups is 1. The Bertz CT molecular complexity index is 864. The number of likely N-dealkylation sites (tertiary alicyclic amines) is 1. The molecule has 1 heterocycles. The SMILES string of the molecule is CCN(CCCN1CCC(Oc2ccc(Cl)cc2)CC1)c1cc(OC)ccc1CC(C)=O. The first-order valence-electron chi connectivity index (χ1n) is 11.5. The molecule has 0 aromatic heterocycles. The predicted octanol–water partition coefficient (Wildman–Crippen LogP) is 5.24. The van der Waals surface area contributed by atoms with E-state index in [1.807, 2.05) is 36.4 Å². The van der Waals surface area contributed by atoms with Crippen LogP contribution >= 0.6 is 11.6 Å². The fourth-order valence-corrected chi connectivity index (χ4v) is 4.40. The lowest BCUT2D eigenvalue weighted by Gasteiger charge is -2.33. The van der Waals surface area contributed by atoms with E-state index in [1.165, 1.54) is 0 Å². The van der Waals surface area contributed by atoms with Crippen molar-refractivity contribution in [3.8, 4) is 11.5 Å². The van der Waals surface area contributed by atoms with Crippen molar-refractivity contribution in [3.63, 3.8) is 0 Å². The number of rotatable bonds is 11. The average Bonchev–Trinajstić information content (AvgIpc) is 2.79. The number of ether oxygens (including phenoxy) is 2. The summed E-state index contributed by atoms with van der Waals surface area (Å²) >= 11 is 5.95. The van der Waals surface area contributed by atoms with E-state index in [9.17, 15) is 4.79 Å². The molecule has 0 N–H and O–H groups in total. The number of hydrogen-bond donors (Lipinski definition) is 0. The van der Waals surface area contributed by atoms with Crippen LogP contribution in [0.3, 0.4) is 0 Å². The van der Waals surface area contributed by atoms with E-state index in [1.54, 1.807) is 14.0 Å². The summed E-state index contributed by atoms with van der Waals surface area (Å²) in [4.78, 5) is 16.6. The molecule has 0 atom stereocenters. The van der Waals surface area contributed by atoms with Gasteiger partial charge in [0.05, 0.1) is 7.11 Å². The minimum atomic E-state index is 0.177. The van der Waals surface area contributed by atoms with E-state index in [4.69, 9.17) is 21.1 Å². The van der Waals surface area contributed by atoms with Crippen molar-refractivity contribution in [2.45, 2.75) is 45.6 Å². The highest BCUT2D eigenvalue weighted by Crippen LogP contribution is 2.27. The molecule has 174 valence electrons. The first-order chi connectivity index (χ1) is 15.5. The molecule has 2 aromatic rings. The zero-order valence-electron chi connectivity index (χ0n) is 19.5. The van der Waals surface area contributed by atoms with Crippen LogP contribution in [0.2, 0.25) is 5.02 Å². The highest BCUT2D eigenvalue weighted by atomic mass is 35.5. The van der Waals surface area contributed by atoms with Crippen LogP contribution in [0.4, 0.5) is 5.69 Å². The second-order valence-electron chi connectivity index (χ2n) is 8.42. The van der Waals surface area contributed by atoms with Crippen LogP contribution in [0, 0.1) is 0 Å². The first kappa shape index (κ1) is 24.4. The predicted molar refractivity (Wildman–Crippen MR) is 131 cm³/mol. The lowest BCUT2D eigenvalue weighted by atomic mass is 10.1. The molecule has 0 unspecified atom stereocenters. The summed E-state index contributed by atoms with van der Waals surface area (Å²) in [5.41, 5.74) is 2.18. The Kier molecular flexibility index (Phi) is 9.24. The molecule has 1 aliphatic heterocycles. The minimum Gasteiger partial charge on any atom is -0.497 e. The number of nitrogens with zero attached hydrogens (tertiary/aromatic N) is 2. The minimum absolute atomic E-state index is 0.177. The zero-order valence-corrected chi connectivity index (χ0v) is 20.2. The summed E-state index contributed by atoms with van der Waals surface area (Å²) in [6, 6.07) is 13.6. The number of hydrogen-bond acceptors (Lipinski definition) is 5. The molecule has 0 saturated carbocycles. The molecule has 5 nitrogen and oxygen atoms in total. The maximum atomic E-state index is 11.7. The van der Waals surface area contributed by atoms with Gasteiger partial charge in [0, 0.05) is 49.4 Å². The van der Waals surface area contributed by atoms with Crippen molar-refractivity contribution in [3.05, 3.63) is 53.1 Å². The summed E-state index contributed by atoms with van der Waals surface area (Å²) in [5, 5.41) is 0.732. The van der Waals surface area contributed by atoms with Gasteiger partial charge in [0.1, 0.15) is 23.4 Å². The lowest BCUT2D eigenvalue weighted by Crippen LogP contribution is -2.39. The van der Waals surface area contributed by atoms with E-state index in [0.717, 1.165) is 79.8 Å². The van der Waals surface area contributed by atoms with Crippen molar-refractivity contribution in [2.75, 3.05) is 44.7 Å². The number of methoxy groups -OCH3 is 1. The summed E-state index contributed by atoms with van der Waals surface area (Å²) in [5.74, 6) is 1.90. The fraction of sp³-hybridized carbons (Fsp3) is 0.500. The number of benzene rings is 2. The second-order valence-corrected chi connectivity index (χ2v) is 8.86. The van der Waals surface area contributed by atoms with Crippen molar-refractivity contribution in [1.29, 1.82) is 0 Å². The maximum absolute atomic E-state index is 11.7. The van der Waals surface area contributed by atoms with Crippen LogP contribution in [-0.4, -0.2) is 56.6 Å². The maximum Gasteiger partial charge on any atom is 0.134 e. The molecule has 2 aromatic carbocycles. The van der Waals surface area contributed by atoms with Crippen LogP contribution in [0.5, 0.6) is 11.5 Å². The van der Waals surface area contributed by atoms with E-state index >= 15 is 0 Å². The Labute approximate surface area is 197 Å². The van der Waals surface area contributed by atoms with Gasteiger partial charge in [0.25, 0.3) is 0 Å². The second kappa shape index (κ2) is 12.1. The summed E-state index contributed by atoms with van der Waals surface area (Å²) in [7, 11) is 1.68. The molecule has 1 saturated heterocycles. The van der Waals surface area contributed by atoms with Gasteiger partial charge >= 0.3 is 0 Å². The molecule has 3 rings (SSSR count). The number of Topliss-reactive ketones (excluding diaryl/α,β-unsaturated/α-hetero) is 1. The molecular weight excluding hydrogens is 424 g/mol. The Hall–Kier alpha value is -2.24. The van der Waals surface area contributed by atoms with Gasteiger partial charge < -0.3 is 19.3 Å². The number of anilines is 1. The van der Waals surface area contributed by atoms with Crippen LogP contribution < -0.4 is 14.4 Å². The van der Waals surface area contributed by atoms with E-state index in [0.29, 0.717) is 6.42 Å². The highest BCUT2D eigenvalue weighted by Gasteiger charge is 2.21. The number of carbonyl (C=O) groups excluding carboxylic acids is 1. The fourth-order valence-electron chi connectivity index (χ4n) is 4.27. The highest BCUT2D eigenvalue weighted by molar-refractivity contribution is 6.30. The normalized spacial score (nSPS) is 14.9. The quantitative estimate of drug-likeness (QED) is 0.460. The third kappa shape index (κ3) is 7.14. The van der Waals surface area contributed by atoms with E-state index < -0.39 is 0 Å². The molecule has 0 aliphatic carbocycles. The van der Waals surface area contributed by atoms with Crippen molar-refractivity contribution in [2.24, 2.45) is 0 Å². The van der Waals surface area contributed by atoms with Crippen LogP contribution in [0.15, 0.2) is 42.5 Å². The molecule has 0 bridgehead atoms.